The quantitative estimate of drug-likeness (QED) is 0.361. The summed E-state index contributed by atoms with van der Waals surface area (Å²) in [6, 6.07) is 23.4. The normalized spacial score (nSPS) is 13.7. The molecule has 0 radical (unpaired) electrons. The number of carbonyl (C=O) groups is 1. The molecule has 0 atom stereocenters. The molecule has 0 unspecified atom stereocenters. The number of hydrogen-bond donors (Lipinski definition) is 2. The third kappa shape index (κ3) is 5.95. The smallest absolute Gasteiger partial charge is 0.300 e. The van der Waals surface area contributed by atoms with Gasteiger partial charge in [-0.3, -0.25) is 9.78 Å². The molecule has 0 bridgehead atoms. The van der Waals surface area contributed by atoms with Crippen LogP contribution in [-0.2, 0) is 4.79 Å². The van der Waals surface area contributed by atoms with Gasteiger partial charge in [-0.15, -0.1) is 0 Å². The van der Waals surface area contributed by atoms with E-state index in [9.17, 15) is 0 Å². The van der Waals surface area contributed by atoms with E-state index in [-0.39, 0.29) is 0 Å². The molecule has 33 heavy (non-hydrogen) atoms. The van der Waals surface area contributed by atoms with E-state index in [1.807, 2.05) is 30.6 Å². The van der Waals surface area contributed by atoms with Gasteiger partial charge in [0.25, 0.3) is 5.97 Å². The molecule has 1 saturated carbocycles. The van der Waals surface area contributed by atoms with E-state index < -0.39 is 5.97 Å². The van der Waals surface area contributed by atoms with Crippen molar-refractivity contribution in [1.82, 2.24) is 15.0 Å². The molecular weight excluding hydrogens is 410 g/mol. The zero-order valence-electron chi connectivity index (χ0n) is 18.9. The summed E-state index contributed by atoms with van der Waals surface area (Å²) in [7, 11) is 0. The first kappa shape index (κ1) is 22.5. The molecule has 2 aromatic heterocycles. The van der Waals surface area contributed by atoms with Gasteiger partial charge in [-0.25, -0.2) is 4.98 Å². The molecule has 0 saturated heterocycles. The van der Waals surface area contributed by atoms with Crippen molar-refractivity contribution in [2.75, 3.05) is 0 Å². The number of imidazole rings is 1. The zero-order valence-corrected chi connectivity index (χ0v) is 18.9. The van der Waals surface area contributed by atoms with Gasteiger partial charge in [-0.2, -0.15) is 0 Å². The number of aromatic nitrogens is 3. The predicted octanol–water partition coefficient (Wildman–Crippen LogP) is 6.94. The minimum atomic E-state index is -0.833. The van der Waals surface area contributed by atoms with Crippen LogP contribution >= 0.6 is 0 Å². The fraction of sp³-hybridized carbons (Fsp3) is 0.250. The van der Waals surface area contributed by atoms with Crippen LogP contribution in [0.3, 0.4) is 0 Å². The monoisotopic (exact) mass is 439 g/mol. The standard InChI is InChI=1S/C26H25N3.C2H4O2/c1-3-7-19(8-4-1)20-11-13-22(14-12-20)24-16-15-23(17-27-24)26-28-18-25(29-26)21-9-5-2-6-10-21;1-2(3)4/h2,5-6,9-19H,1,3-4,7-8H2,(H,28,29);1H3,(H,3,4). The van der Waals surface area contributed by atoms with Crippen LogP contribution in [0.2, 0.25) is 0 Å². The first-order valence-corrected chi connectivity index (χ1v) is 11.5. The van der Waals surface area contributed by atoms with E-state index in [1.54, 1.807) is 0 Å². The molecule has 1 aliphatic carbocycles. The van der Waals surface area contributed by atoms with Crippen molar-refractivity contribution in [2.45, 2.75) is 44.9 Å². The predicted molar refractivity (Wildman–Crippen MR) is 132 cm³/mol. The van der Waals surface area contributed by atoms with Crippen LogP contribution in [0.5, 0.6) is 0 Å². The summed E-state index contributed by atoms with van der Waals surface area (Å²) in [5, 5.41) is 7.42. The van der Waals surface area contributed by atoms with Gasteiger partial charge in [0.05, 0.1) is 17.6 Å². The Morgan fingerprint density at radius 2 is 1.48 bits per heavy atom. The van der Waals surface area contributed by atoms with Gasteiger partial charge in [0.15, 0.2) is 0 Å². The maximum Gasteiger partial charge on any atom is 0.300 e. The number of aliphatic carboxylic acids is 1. The number of pyridine rings is 1. The van der Waals surface area contributed by atoms with Crippen LogP contribution in [-0.4, -0.2) is 26.0 Å². The van der Waals surface area contributed by atoms with Gasteiger partial charge in [-0.05, 0) is 42.0 Å². The van der Waals surface area contributed by atoms with E-state index in [0.29, 0.717) is 0 Å². The van der Waals surface area contributed by atoms with Gasteiger partial charge in [-0.1, -0.05) is 73.9 Å². The van der Waals surface area contributed by atoms with Gasteiger partial charge in [0.2, 0.25) is 0 Å². The summed E-state index contributed by atoms with van der Waals surface area (Å²) in [6.45, 7) is 1.08. The number of hydrogen-bond acceptors (Lipinski definition) is 3. The topological polar surface area (TPSA) is 78.9 Å². The molecule has 2 aromatic carbocycles. The number of rotatable bonds is 4. The zero-order chi connectivity index (χ0) is 23.0. The van der Waals surface area contributed by atoms with Gasteiger partial charge >= 0.3 is 0 Å². The summed E-state index contributed by atoms with van der Waals surface area (Å²) in [5.74, 6) is 0.751. The second kappa shape index (κ2) is 10.7. The second-order valence-electron chi connectivity index (χ2n) is 8.42. The summed E-state index contributed by atoms with van der Waals surface area (Å²) in [6.07, 6.45) is 10.6. The molecule has 0 amide bonds. The molecule has 0 spiro atoms. The Balaban J connectivity index is 0.000000601. The Morgan fingerprint density at radius 3 is 2.12 bits per heavy atom. The fourth-order valence-electron chi connectivity index (χ4n) is 4.30. The van der Waals surface area contributed by atoms with Crippen LogP contribution < -0.4 is 0 Å². The summed E-state index contributed by atoms with van der Waals surface area (Å²) in [4.78, 5) is 21.6. The lowest BCUT2D eigenvalue weighted by Crippen LogP contribution is -2.04. The molecular formula is C28H29N3O2. The number of carboxylic acids is 1. The largest absolute Gasteiger partial charge is 0.481 e. The number of nitrogens with one attached hydrogen (secondary N) is 1. The minimum Gasteiger partial charge on any atom is -0.481 e. The van der Waals surface area contributed by atoms with E-state index in [4.69, 9.17) is 9.90 Å². The van der Waals surface area contributed by atoms with Crippen molar-refractivity contribution >= 4 is 5.97 Å². The van der Waals surface area contributed by atoms with Crippen molar-refractivity contribution < 1.29 is 9.90 Å². The molecule has 5 heteroatoms. The van der Waals surface area contributed by atoms with Gasteiger partial charge < -0.3 is 10.1 Å². The van der Waals surface area contributed by atoms with E-state index in [1.165, 1.54) is 43.2 Å². The lowest BCUT2D eigenvalue weighted by atomic mass is 9.84. The molecule has 5 rings (SSSR count). The van der Waals surface area contributed by atoms with Crippen molar-refractivity contribution in [2.24, 2.45) is 0 Å². The van der Waals surface area contributed by atoms with E-state index >= 15 is 0 Å². The van der Waals surface area contributed by atoms with Crippen molar-refractivity contribution in [3.63, 3.8) is 0 Å². The highest BCUT2D eigenvalue weighted by Gasteiger charge is 2.15. The van der Waals surface area contributed by atoms with Crippen LogP contribution in [0.25, 0.3) is 33.9 Å². The number of aromatic amines is 1. The van der Waals surface area contributed by atoms with Crippen LogP contribution in [0, 0.1) is 0 Å². The average Bonchev–Trinajstić information content (AvgIpc) is 3.36. The number of nitrogens with zero attached hydrogens (tertiary/aromatic N) is 2. The molecule has 5 nitrogen and oxygen atoms in total. The lowest BCUT2D eigenvalue weighted by molar-refractivity contribution is -0.134. The highest BCUT2D eigenvalue weighted by atomic mass is 16.4. The number of benzene rings is 2. The Bertz CT molecular complexity index is 1160. The second-order valence-corrected chi connectivity index (χ2v) is 8.42. The van der Waals surface area contributed by atoms with Gasteiger partial charge in [0, 0.05) is 24.2 Å². The third-order valence-electron chi connectivity index (χ3n) is 5.98. The SMILES string of the molecule is CC(=O)O.c1ccc(-c2cnc(-c3ccc(-c4ccc(C5CCCCC5)cc4)nc3)[nH]2)cc1. The Hall–Kier alpha value is -3.73. The van der Waals surface area contributed by atoms with Crippen LogP contribution in [0.4, 0.5) is 0 Å². The van der Waals surface area contributed by atoms with Crippen molar-refractivity contribution in [3.05, 3.63) is 84.7 Å². The molecule has 2 N–H and O–H groups in total. The lowest BCUT2D eigenvalue weighted by Gasteiger charge is -2.22. The molecule has 1 fully saturated rings. The highest BCUT2D eigenvalue weighted by Crippen LogP contribution is 2.33. The van der Waals surface area contributed by atoms with Crippen LogP contribution in [0.1, 0.15) is 50.5 Å². The van der Waals surface area contributed by atoms with Crippen LogP contribution in [0.15, 0.2) is 79.1 Å². The van der Waals surface area contributed by atoms with E-state index in [2.05, 4.69) is 63.5 Å². The number of carboxylic acid groups (broad SMARTS) is 1. The third-order valence-corrected chi connectivity index (χ3v) is 5.98. The Labute approximate surface area is 194 Å². The minimum absolute atomic E-state index is 0.742. The number of H-pyrrole nitrogens is 1. The maximum absolute atomic E-state index is 9.00. The highest BCUT2D eigenvalue weighted by molar-refractivity contribution is 5.66. The molecule has 168 valence electrons. The first-order valence-electron chi connectivity index (χ1n) is 11.5. The van der Waals surface area contributed by atoms with Crippen molar-refractivity contribution in [1.29, 1.82) is 0 Å². The van der Waals surface area contributed by atoms with Gasteiger partial charge in [0.1, 0.15) is 5.82 Å². The first-order chi connectivity index (χ1) is 16.1. The Kier molecular flexibility index (Phi) is 7.30. The Morgan fingerprint density at radius 1 is 0.818 bits per heavy atom. The summed E-state index contributed by atoms with van der Waals surface area (Å²) in [5.41, 5.74) is 6.79. The maximum atomic E-state index is 9.00. The summed E-state index contributed by atoms with van der Waals surface area (Å²) < 4.78 is 0. The average molecular weight is 440 g/mol. The molecule has 1 aliphatic rings. The molecule has 0 aliphatic heterocycles. The molecule has 4 aromatic rings. The fourth-order valence-corrected chi connectivity index (χ4v) is 4.30. The van der Waals surface area contributed by atoms with Crippen molar-refractivity contribution in [3.8, 4) is 33.9 Å². The molecule has 2 heterocycles. The van der Waals surface area contributed by atoms with E-state index in [0.717, 1.165) is 41.2 Å². The summed E-state index contributed by atoms with van der Waals surface area (Å²) >= 11 is 0.